The third-order valence-electron chi connectivity index (χ3n) is 2.66. The topological polar surface area (TPSA) is 112 Å². The number of nitrogens with zero attached hydrogens (tertiary/aromatic N) is 1. The summed E-state index contributed by atoms with van der Waals surface area (Å²) in [5.41, 5.74) is -1.27. The Bertz CT molecular complexity index is 560. The molecule has 0 radical (unpaired) electrons. The standard InChI is InChI=1S/C11H15N3O4/c1-5-6(2)13-14-9(16)7(5)8(15)12-11(3,4)10(17)18/h1-4H3,(H,12,15)(H,14,16)(H,17,18). The van der Waals surface area contributed by atoms with Gasteiger partial charge in [0.15, 0.2) is 0 Å². The molecule has 1 aromatic rings. The number of aromatic amines is 1. The van der Waals surface area contributed by atoms with Gasteiger partial charge in [0.1, 0.15) is 11.1 Å². The fraction of sp³-hybridized carbons (Fsp3) is 0.455. The van der Waals surface area contributed by atoms with Crippen LogP contribution in [0.4, 0.5) is 0 Å². The minimum atomic E-state index is -1.45. The van der Waals surface area contributed by atoms with Gasteiger partial charge in [-0.3, -0.25) is 9.59 Å². The molecule has 0 saturated heterocycles. The van der Waals surface area contributed by atoms with Gasteiger partial charge in [0, 0.05) is 0 Å². The van der Waals surface area contributed by atoms with Crippen LogP contribution >= 0.6 is 0 Å². The van der Waals surface area contributed by atoms with Gasteiger partial charge in [0.05, 0.1) is 5.69 Å². The molecule has 0 bridgehead atoms. The summed E-state index contributed by atoms with van der Waals surface area (Å²) in [6, 6.07) is 0. The third kappa shape index (κ3) is 2.55. The Morgan fingerprint density at radius 3 is 2.39 bits per heavy atom. The molecule has 3 N–H and O–H groups in total. The van der Waals surface area contributed by atoms with E-state index in [1.807, 2.05) is 0 Å². The van der Waals surface area contributed by atoms with Gasteiger partial charge in [-0.2, -0.15) is 5.10 Å². The van der Waals surface area contributed by atoms with Crippen molar-refractivity contribution in [3.63, 3.8) is 0 Å². The van der Waals surface area contributed by atoms with E-state index in [0.717, 1.165) is 0 Å². The first-order chi connectivity index (χ1) is 8.16. The Labute approximate surface area is 103 Å². The summed E-state index contributed by atoms with van der Waals surface area (Å²) >= 11 is 0. The molecule has 98 valence electrons. The molecule has 1 amide bonds. The maximum Gasteiger partial charge on any atom is 0.328 e. The molecule has 1 aromatic heterocycles. The van der Waals surface area contributed by atoms with Crippen LogP contribution in [0, 0.1) is 13.8 Å². The van der Waals surface area contributed by atoms with E-state index in [1.165, 1.54) is 13.8 Å². The lowest BCUT2D eigenvalue weighted by molar-refractivity contribution is -0.143. The largest absolute Gasteiger partial charge is 0.480 e. The molecule has 0 aliphatic carbocycles. The van der Waals surface area contributed by atoms with E-state index >= 15 is 0 Å². The average molecular weight is 253 g/mol. The molecule has 7 nitrogen and oxygen atoms in total. The van der Waals surface area contributed by atoms with Gasteiger partial charge in [-0.15, -0.1) is 0 Å². The van der Waals surface area contributed by atoms with Crippen LogP contribution in [0.5, 0.6) is 0 Å². The highest BCUT2D eigenvalue weighted by molar-refractivity contribution is 5.98. The van der Waals surface area contributed by atoms with Crippen molar-refractivity contribution in [1.29, 1.82) is 0 Å². The van der Waals surface area contributed by atoms with Crippen LogP contribution in [-0.2, 0) is 4.79 Å². The predicted octanol–water partition coefficient (Wildman–Crippen LogP) is -0.0203. The highest BCUT2D eigenvalue weighted by atomic mass is 16.4. The number of carbonyl (C=O) groups is 2. The summed E-state index contributed by atoms with van der Waals surface area (Å²) in [6.45, 7) is 5.90. The number of amides is 1. The van der Waals surface area contributed by atoms with Crippen molar-refractivity contribution in [3.8, 4) is 0 Å². The van der Waals surface area contributed by atoms with Crippen LogP contribution < -0.4 is 10.9 Å². The third-order valence-corrected chi connectivity index (χ3v) is 2.66. The molecule has 18 heavy (non-hydrogen) atoms. The lowest BCUT2D eigenvalue weighted by Gasteiger charge is -2.21. The number of hydrogen-bond donors (Lipinski definition) is 3. The van der Waals surface area contributed by atoms with Crippen LogP contribution in [0.1, 0.15) is 35.5 Å². The van der Waals surface area contributed by atoms with Gasteiger partial charge in [0.2, 0.25) is 0 Å². The molecule has 0 fully saturated rings. The average Bonchev–Trinajstić information content (AvgIpc) is 2.23. The summed E-state index contributed by atoms with van der Waals surface area (Å²) in [7, 11) is 0. The molecular weight excluding hydrogens is 238 g/mol. The zero-order chi connectivity index (χ0) is 14.1. The second-order valence-corrected chi connectivity index (χ2v) is 4.52. The Balaban J connectivity index is 3.18. The maximum atomic E-state index is 11.9. The maximum absolute atomic E-state index is 11.9. The number of aromatic nitrogens is 2. The van der Waals surface area contributed by atoms with Gasteiger partial charge in [0.25, 0.3) is 11.5 Å². The van der Waals surface area contributed by atoms with E-state index in [1.54, 1.807) is 13.8 Å². The van der Waals surface area contributed by atoms with Crippen molar-refractivity contribution < 1.29 is 14.7 Å². The summed E-state index contributed by atoms with van der Waals surface area (Å²) in [5.74, 6) is -1.91. The number of hydrogen-bond acceptors (Lipinski definition) is 4. The van der Waals surface area contributed by atoms with E-state index in [0.29, 0.717) is 11.3 Å². The molecule has 7 heteroatoms. The summed E-state index contributed by atoms with van der Waals surface area (Å²) in [4.78, 5) is 34.4. The minimum Gasteiger partial charge on any atom is -0.480 e. The van der Waals surface area contributed by atoms with Crippen molar-refractivity contribution in [2.45, 2.75) is 33.2 Å². The highest BCUT2D eigenvalue weighted by Gasteiger charge is 2.30. The van der Waals surface area contributed by atoms with Crippen molar-refractivity contribution >= 4 is 11.9 Å². The Kier molecular flexibility index (Phi) is 3.54. The van der Waals surface area contributed by atoms with Gasteiger partial charge >= 0.3 is 5.97 Å². The fourth-order valence-electron chi connectivity index (χ4n) is 1.30. The molecule has 1 rings (SSSR count). The molecule has 0 spiro atoms. The lowest BCUT2D eigenvalue weighted by atomic mass is 10.0. The Morgan fingerprint density at radius 2 is 1.89 bits per heavy atom. The number of carboxylic acid groups (broad SMARTS) is 1. The number of nitrogens with one attached hydrogen (secondary N) is 2. The second kappa shape index (κ2) is 4.59. The van der Waals surface area contributed by atoms with E-state index in [9.17, 15) is 14.4 Å². The van der Waals surface area contributed by atoms with Crippen LogP contribution in [-0.4, -0.2) is 32.7 Å². The smallest absolute Gasteiger partial charge is 0.328 e. The molecule has 0 aliphatic heterocycles. The number of carbonyl (C=O) groups excluding carboxylic acids is 1. The summed E-state index contributed by atoms with van der Waals surface area (Å²) < 4.78 is 0. The first kappa shape index (κ1) is 13.9. The molecule has 0 atom stereocenters. The predicted molar refractivity (Wildman–Crippen MR) is 63.5 cm³/mol. The number of aryl methyl sites for hydroxylation is 1. The van der Waals surface area contributed by atoms with Gasteiger partial charge in [-0.25, -0.2) is 9.89 Å². The Hall–Kier alpha value is -2.18. The van der Waals surface area contributed by atoms with Crippen molar-refractivity contribution in [2.75, 3.05) is 0 Å². The van der Waals surface area contributed by atoms with Gasteiger partial charge in [-0.05, 0) is 33.3 Å². The minimum absolute atomic E-state index is 0.114. The highest BCUT2D eigenvalue weighted by Crippen LogP contribution is 2.08. The number of aliphatic carboxylic acids is 1. The van der Waals surface area contributed by atoms with Crippen molar-refractivity contribution in [1.82, 2.24) is 15.5 Å². The van der Waals surface area contributed by atoms with Crippen LogP contribution in [0.2, 0.25) is 0 Å². The first-order valence-corrected chi connectivity index (χ1v) is 5.28. The monoisotopic (exact) mass is 253 g/mol. The quantitative estimate of drug-likeness (QED) is 0.700. The van der Waals surface area contributed by atoms with Gasteiger partial charge in [-0.1, -0.05) is 0 Å². The zero-order valence-corrected chi connectivity index (χ0v) is 10.6. The number of carboxylic acids is 1. The fourth-order valence-corrected chi connectivity index (χ4v) is 1.30. The molecular formula is C11H15N3O4. The van der Waals surface area contributed by atoms with Crippen molar-refractivity contribution in [3.05, 3.63) is 27.2 Å². The summed E-state index contributed by atoms with van der Waals surface area (Å²) in [5, 5.41) is 17.1. The van der Waals surface area contributed by atoms with Crippen LogP contribution in [0.3, 0.4) is 0 Å². The lowest BCUT2D eigenvalue weighted by Crippen LogP contribution is -2.51. The van der Waals surface area contributed by atoms with E-state index in [2.05, 4.69) is 15.5 Å². The van der Waals surface area contributed by atoms with E-state index in [4.69, 9.17) is 5.11 Å². The number of H-pyrrole nitrogens is 1. The molecule has 1 heterocycles. The second-order valence-electron chi connectivity index (χ2n) is 4.52. The van der Waals surface area contributed by atoms with Crippen molar-refractivity contribution in [2.24, 2.45) is 0 Å². The van der Waals surface area contributed by atoms with Crippen LogP contribution in [0.15, 0.2) is 4.79 Å². The van der Waals surface area contributed by atoms with Crippen LogP contribution in [0.25, 0.3) is 0 Å². The normalized spacial score (nSPS) is 11.1. The van der Waals surface area contributed by atoms with E-state index in [-0.39, 0.29) is 5.56 Å². The molecule has 0 aromatic carbocycles. The molecule has 0 unspecified atom stereocenters. The van der Waals surface area contributed by atoms with Gasteiger partial charge < -0.3 is 10.4 Å². The first-order valence-electron chi connectivity index (χ1n) is 5.28. The SMILES string of the molecule is Cc1n[nH]c(=O)c(C(=O)NC(C)(C)C(=O)O)c1C. The number of rotatable bonds is 3. The van der Waals surface area contributed by atoms with E-state index < -0.39 is 23.0 Å². The molecule has 0 aliphatic rings. The zero-order valence-electron chi connectivity index (χ0n) is 10.6. The Morgan fingerprint density at radius 1 is 1.33 bits per heavy atom. The molecule has 0 saturated carbocycles. The summed E-state index contributed by atoms with van der Waals surface area (Å²) in [6.07, 6.45) is 0.